The van der Waals surface area contributed by atoms with E-state index in [-0.39, 0.29) is 30.2 Å². The first-order valence-corrected chi connectivity index (χ1v) is 12.7. The van der Waals surface area contributed by atoms with Crippen LogP contribution < -0.4 is 21.5 Å². The Morgan fingerprint density at radius 1 is 1.15 bits per heavy atom. The molecule has 3 heterocycles. The van der Waals surface area contributed by atoms with Crippen LogP contribution in [0.25, 0.3) is 10.3 Å². The molecule has 0 atom stereocenters. The van der Waals surface area contributed by atoms with Crippen molar-refractivity contribution in [2.75, 3.05) is 23.3 Å². The van der Waals surface area contributed by atoms with E-state index < -0.39 is 5.69 Å². The second kappa shape index (κ2) is 10.8. The summed E-state index contributed by atoms with van der Waals surface area (Å²) in [5.41, 5.74) is 1.21. The van der Waals surface area contributed by atoms with Crippen molar-refractivity contribution in [3.63, 3.8) is 0 Å². The first kappa shape index (κ1) is 23.9. The smallest absolute Gasteiger partial charge is 0.333 e. The Kier molecular flexibility index (Phi) is 7.62. The SMILES string of the molecule is C=CCn1c(=O)c2sc(N3CCCCC3)nc2n(CC(=O)Nc2ccc(CCCC)cc2)c1=O. The van der Waals surface area contributed by atoms with Gasteiger partial charge < -0.3 is 10.2 Å². The number of aromatic nitrogens is 3. The normalized spacial score (nSPS) is 13.9. The van der Waals surface area contributed by atoms with Crippen molar-refractivity contribution in [2.45, 2.75) is 58.5 Å². The summed E-state index contributed by atoms with van der Waals surface area (Å²) in [6.45, 7) is 7.41. The number of nitrogens with zero attached hydrogens (tertiary/aromatic N) is 4. The average molecular weight is 482 g/mol. The van der Waals surface area contributed by atoms with Crippen LogP contribution in [-0.2, 0) is 24.3 Å². The number of carbonyl (C=O) groups is 1. The Labute approximate surface area is 202 Å². The molecule has 8 nitrogen and oxygen atoms in total. The van der Waals surface area contributed by atoms with Gasteiger partial charge in [0.15, 0.2) is 10.8 Å². The van der Waals surface area contributed by atoms with Crippen molar-refractivity contribution in [1.82, 2.24) is 14.1 Å². The highest BCUT2D eigenvalue weighted by Crippen LogP contribution is 2.28. The summed E-state index contributed by atoms with van der Waals surface area (Å²) in [6, 6.07) is 7.75. The molecule has 9 heteroatoms. The number of hydrogen-bond acceptors (Lipinski definition) is 6. The van der Waals surface area contributed by atoms with Crippen LogP contribution in [0.3, 0.4) is 0 Å². The Morgan fingerprint density at radius 2 is 1.88 bits per heavy atom. The van der Waals surface area contributed by atoms with E-state index in [0.717, 1.165) is 54.9 Å². The monoisotopic (exact) mass is 481 g/mol. The Balaban J connectivity index is 1.64. The molecule has 1 N–H and O–H groups in total. The van der Waals surface area contributed by atoms with Crippen LogP contribution >= 0.6 is 11.3 Å². The topological polar surface area (TPSA) is 89.2 Å². The third kappa shape index (κ3) is 5.14. The average Bonchev–Trinajstić information content (AvgIpc) is 3.30. The van der Waals surface area contributed by atoms with Crippen LogP contribution in [0.2, 0.25) is 0 Å². The number of anilines is 2. The molecule has 4 rings (SSSR count). The van der Waals surface area contributed by atoms with Gasteiger partial charge in [0.25, 0.3) is 5.56 Å². The molecule has 1 fully saturated rings. The molecule has 1 aliphatic heterocycles. The highest BCUT2D eigenvalue weighted by Gasteiger charge is 2.22. The predicted octanol–water partition coefficient (Wildman–Crippen LogP) is 3.78. The molecule has 34 heavy (non-hydrogen) atoms. The molecule has 0 aliphatic carbocycles. The van der Waals surface area contributed by atoms with Gasteiger partial charge in [-0.25, -0.2) is 9.78 Å². The quantitative estimate of drug-likeness (QED) is 0.470. The lowest BCUT2D eigenvalue weighted by Crippen LogP contribution is -2.41. The molecule has 1 aromatic carbocycles. The van der Waals surface area contributed by atoms with Gasteiger partial charge in [-0.05, 0) is 49.8 Å². The number of aryl methyl sites for hydroxylation is 1. The summed E-state index contributed by atoms with van der Waals surface area (Å²) < 4.78 is 2.80. The predicted molar refractivity (Wildman–Crippen MR) is 138 cm³/mol. The number of carbonyl (C=O) groups excluding carboxylic acids is 1. The molecule has 0 bridgehead atoms. The van der Waals surface area contributed by atoms with Crippen LogP contribution in [0.1, 0.15) is 44.6 Å². The summed E-state index contributed by atoms with van der Waals surface area (Å²) in [5.74, 6) is -0.346. The van der Waals surface area contributed by atoms with E-state index in [1.807, 2.05) is 24.3 Å². The highest BCUT2D eigenvalue weighted by molar-refractivity contribution is 7.22. The van der Waals surface area contributed by atoms with E-state index in [1.165, 1.54) is 34.0 Å². The van der Waals surface area contributed by atoms with Crippen LogP contribution in [0.4, 0.5) is 10.8 Å². The van der Waals surface area contributed by atoms with Gasteiger partial charge in [0.05, 0.1) is 0 Å². The standard InChI is InChI=1S/C25H31N5O3S/c1-3-5-9-18-10-12-19(13-11-18)26-20(31)17-30-22-21(23(32)29(14-4-2)25(30)33)34-24(27-22)28-15-7-6-8-16-28/h4,10-13H,2-3,5-9,14-17H2,1H3,(H,26,31). The molecular formula is C25H31N5O3S. The minimum absolute atomic E-state index is 0.0748. The third-order valence-electron chi connectivity index (χ3n) is 6.05. The Morgan fingerprint density at radius 3 is 2.56 bits per heavy atom. The summed E-state index contributed by atoms with van der Waals surface area (Å²) >= 11 is 1.29. The maximum atomic E-state index is 13.2. The van der Waals surface area contributed by atoms with Crippen molar-refractivity contribution in [3.8, 4) is 0 Å². The third-order valence-corrected chi connectivity index (χ3v) is 7.14. The zero-order valence-corrected chi connectivity index (χ0v) is 20.4. The maximum absolute atomic E-state index is 13.2. The lowest BCUT2D eigenvalue weighted by atomic mass is 10.1. The number of allylic oxidation sites excluding steroid dienone is 1. The van der Waals surface area contributed by atoms with Gasteiger partial charge in [0.1, 0.15) is 11.2 Å². The van der Waals surface area contributed by atoms with Gasteiger partial charge >= 0.3 is 5.69 Å². The van der Waals surface area contributed by atoms with Crippen LogP contribution in [0, 0.1) is 0 Å². The number of benzene rings is 1. The van der Waals surface area contributed by atoms with Crippen molar-refractivity contribution < 1.29 is 4.79 Å². The summed E-state index contributed by atoms with van der Waals surface area (Å²) in [7, 11) is 0. The molecule has 0 radical (unpaired) electrons. The number of thiazole rings is 1. The second-order valence-corrected chi connectivity index (χ2v) is 9.60. The minimum Gasteiger partial charge on any atom is -0.348 e. The lowest BCUT2D eigenvalue weighted by molar-refractivity contribution is -0.116. The molecule has 1 aliphatic rings. The van der Waals surface area contributed by atoms with E-state index in [0.29, 0.717) is 10.4 Å². The number of rotatable bonds is 9. The maximum Gasteiger partial charge on any atom is 0.333 e. The Bertz CT molecular complexity index is 1280. The molecular weight excluding hydrogens is 450 g/mol. The highest BCUT2D eigenvalue weighted by atomic mass is 32.1. The molecule has 3 aromatic rings. The minimum atomic E-state index is -0.557. The molecule has 0 saturated carbocycles. The first-order valence-electron chi connectivity index (χ1n) is 11.9. The van der Waals surface area contributed by atoms with Gasteiger partial charge in [-0.1, -0.05) is 42.9 Å². The zero-order valence-electron chi connectivity index (χ0n) is 19.6. The van der Waals surface area contributed by atoms with Crippen molar-refractivity contribution in [1.29, 1.82) is 0 Å². The fourth-order valence-corrected chi connectivity index (χ4v) is 5.27. The number of nitrogens with one attached hydrogen (secondary N) is 1. The van der Waals surface area contributed by atoms with Crippen LogP contribution in [-0.4, -0.2) is 33.1 Å². The van der Waals surface area contributed by atoms with Gasteiger partial charge in [0, 0.05) is 25.3 Å². The molecule has 0 unspecified atom stereocenters. The molecule has 180 valence electrons. The number of amides is 1. The number of piperidine rings is 1. The second-order valence-electron chi connectivity index (χ2n) is 8.62. The molecule has 0 spiro atoms. The van der Waals surface area contributed by atoms with E-state index in [1.54, 1.807) is 0 Å². The summed E-state index contributed by atoms with van der Waals surface area (Å²) in [6.07, 6.45) is 8.09. The van der Waals surface area contributed by atoms with E-state index in [4.69, 9.17) is 0 Å². The van der Waals surface area contributed by atoms with E-state index in [2.05, 4.69) is 28.7 Å². The zero-order chi connectivity index (χ0) is 24.1. The fourth-order valence-electron chi connectivity index (χ4n) is 4.20. The summed E-state index contributed by atoms with van der Waals surface area (Å²) in [4.78, 5) is 45.9. The van der Waals surface area contributed by atoms with Gasteiger partial charge in [-0.2, -0.15) is 0 Å². The largest absolute Gasteiger partial charge is 0.348 e. The van der Waals surface area contributed by atoms with E-state index >= 15 is 0 Å². The number of fused-ring (bicyclic) bond motifs is 1. The summed E-state index contributed by atoms with van der Waals surface area (Å²) in [5, 5.41) is 3.58. The van der Waals surface area contributed by atoms with Gasteiger partial charge in [-0.3, -0.25) is 18.7 Å². The van der Waals surface area contributed by atoms with Crippen molar-refractivity contribution in [2.24, 2.45) is 0 Å². The van der Waals surface area contributed by atoms with E-state index in [9.17, 15) is 14.4 Å². The van der Waals surface area contributed by atoms with Crippen LogP contribution in [0.5, 0.6) is 0 Å². The molecule has 2 aromatic heterocycles. The van der Waals surface area contributed by atoms with Crippen molar-refractivity contribution in [3.05, 3.63) is 63.3 Å². The van der Waals surface area contributed by atoms with Crippen molar-refractivity contribution >= 4 is 38.4 Å². The lowest BCUT2D eigenvalue weighted by Gasteiger charge is -2.25. The number of hydrogen-bond donors (Lipinski definition) is 1. The fraction of sp³-hybridized carbons (Fsp3) is 0.440. The number of unbranched alkanes of at least 4 members (excludes halogenated alkanes) is 1. The molecule has 1 saturated heterocycles. The Hall–Kier alpha value is -3.20. The molecule has 1 amide bonds. The first-order chi connectivity index (χ1) is 16.5. The van der Waals surface area contributed by atoms with Gasteiger partial charge in [-0.15, -0.1) is 6.58 Å². The van der Waals surface area contributed by atoms with Crippen LogP contribution in [0.15, 0.2) is 46.5 Å². The van der Waals surface area contributed by atoms with Gasteiger partial charge in [0.2, 0.25) is 5.91 Å².